The van der Waals surface area contributed by atoms with Gasteiger partial charge in [-0.15, -0.1) is 11.3 Å². The Morgan fingerprint density at radius 1 is 1.43 bits per heavy atom. The van der Waals surface area contributed by atoms with Gasteiger partial charge < -0.3 is 5.73 Å². The highest BCUT2D eigenvalue weighted by Crippen LogP contribution is 2.30. The van der Waals surface area contributed by atoms with Crippen molar-refractivity contribution in [2.75, 3.05) is 0 Å². The van der Waals surface area contributed by atoms with Crippen molar-refractivity contribution < 1.29 is 0 Å². The van der Waals surface area contributed by atoms with E-state index in [1.807, 2.05) is 23.6 Å². The van der Waals surface area contributed by atoms with E-state index in [0.717, 1.165) is 14.9 Å². The van der Waals surface area contributed by atoms with E-state index >= 15 is 0 Å². The summed E-state index contributed by atoms with van der Waals surface area (Å²) in [6.07, 6.45) is 3.55. The third-order valence-corrected chi connectivity index (χ3v) is 3.92. The molecular formula is C10H9BrN2S. The predicted molar refractivity (Wildman–Crippen MR) is 62.3 cm³/mol. The first-order chi connectivity index (χ1) is 6.79. The highest BCUT2D eigenvalue weighted by molar-refractivity contribution is 9.10. The molecule has 4 heteroatoms. The zero-order valence-corrected chi connectivity index (χ0v) is 9.75. The van der Waals surface area contributed by atoms with E-state index in [-0.39, 0.29) is 6.04 Å². The molecule has 0 aromatic carbocycles. The molecule has 72 valence electrons. The third kappa shape index (κ3) is 1.87. The fraction of sp³-hybridized carbons (Fsp3) is 0.100. The Morgan fingerprint density at radius 3 is 2.86 bits per heavy atom. The first kappa shape index (κ1) is 9.83. The van der Waals surface area contributed by atoms with Crippen LogP contribution in [-0.2, 0) is 0 Å². The molecule has 0 amide bonds. The molecular weight excluding hydrogens is 260 g/mol. The molecule has 0 aliphatic carbocycles. The van der Waals surface area contributed by atoms with E-state index in [1.54, 1.807) is 23.7 Å². The van der Waals surface area contributed by atoms with Crippen molar-refractivity contribution in [1.82, 2.24) is 4.98 Å². The molecule has 0 saturated carbocycles. The van der Waals surface area contributed by atoms with Crippen LogP contribution in [0.1, 0.15) is 16.5 Å². The van der Waals surface area contributed by atoms with Gasteiger partial charge in [-0.05, 0) is 39.0 Å². The molecule has 0 fully saturated rings. The Balaban J connectivity index is 2.34. The van der Waals surface area contributed by atoms with Crippen molar-refractivity contribution in [3.8, 4) is 0 Å². The average Bonchev–Trinajstić information content (AvgIpc) is 2.65. The fourth-order valence-corrected chi connectivity index (χ4v) is 2.89. The van der Waals surface area contributed by atoms with Crippen LogP contribution in [0.15, 0.2) is 40.4 Å². The number of rotatable bonds is 2. The van der Waals surface area contributed by atoms with Crippen LogP contribution in [-0.4, -0.2) is 4.98 Å². The second kappa shape index (κ2) is 4.21. The molecule has 1 atom stereocenters. The molecule has 2 nitrogen and oxygen atoms in total. The highest BCUT2D eigenvalue weighted by Gasteiger charge is 2.12. The SMILES string of the molecule is NC(c1cccnc1)c1sccc1Br. The summed E-state index contributed by atoms with van der Waals surface area (Å²) in [5.74, 6) is 0. The lowest BCUT2D eigenvalue weighted by Crippen LogP contribution is -2.10. The summed E-state index contributed by atoms with van der Waals surface area (Å²) in [4.78, 5) is 5.19. The van der Waals surface area contributed by atoms with Gasteiger partial charge in [-0.3, -0.25) is 4.98 Å². The van der Waals surface area contributed by atoms with E-state index in [9.17, 15) is 0 Å². The van der Waals surface area contributed by atoms with Crippen molar-refractivity contribution in [3.05, 3.63) is 50.9 Å². The minimum absolute atomic E-state index is 0.0851. The van der Waals surface area contributed by atoms with Crippen LogP contribution in [0.3, 0.4) is 0 Å². The van der Waals surface area contributed by atoms with E-state index in [0.29, 0.717) is 0 Å². The minimum atomic E-state index is -0.0851. The molecule has 14 heavy (non-hydrogen) atoms. The Hall–Kier alpha value is -0.710. The summed E-state index contributed by atoms with van der Waals surface area (Å²) < 4.78 is 1.07. The van der Waals surface area contributed by atoms with Crippen molar-refractivity contribution in [2.24, 2.45) is 5.73 Å². The van der Waals surface area contributed by atoms with Gasteiger partial charge in [0, 0.05) is 21.7 Å². The van der Waals surface area contributed by atoms with Crippen molar-refractivity contribution >= 4 is 27.3 Å². The van der Waals surface area contributed by atoms with Gasteiger partial charge in [-0.2, -0.15) is 0 Å². The van der Waals surface area contributed by atoms with Gasteiger partial charge in [0.15, 0.2) is 0 Å². The first-order valence-corrected chi connectivity index (χ1v) is 5.84. The molecule has 0 aliphatic rings. The molecule has 0 bridgehead atoms. The Labute approximate surface area is 94.9 Å². The molecule has 2 heterocycles. The van der Waals surface area contributed by atoms with Gasteiger partial charge >= 0.3 is 0 Å². The molecule has 2 rings (SSSR count). The second-order valence-corrected chi connectivity index (χ2v) is 4.70. The van der Waals surface area contributed by atoms with E-state index in [1.165, 1.54) is 0 Å². The molecule has 0 spiro atoms. The predicted octanol–water partition coefficient (Wildman–Crippen LogP) is 2.95. The fourth-order valence-electron chi connectivity index (χ4n) is 1.24. The summed E-state index contributed by atoms with van der Waals surface area (Å²) >= 11 is 5.13. The first-order valence-electron chi connectivity index (χ1n) is 4.17. The number of halogens is 1. The van der Waals surface area contributed by atoms with Crippen LogP contribution >= 0.6 is 27.3 Å². The van der Waals surface area contributed by atoms with E-state index in [4.69, 9.17) is 5.73 Å². The number of pyridine rings is 1. The summed E-state index contributed by atoms with van der Waals surface area (Å²) in [6, 6.07) is 5.81. The quantitative estimate of drug-likeness (QED) is 0.910. The van der Waals surface area contributed by atoms with Crippen LogP contribution in [0.25, 0.3) is 0 Å². The zero-order chi connectivity index (χ0) is 9.97. The second-order valence-electron chi connectivity index (χ2n) is 2.90. The lowest BCUT2D eigenvalue weighted by molar-refractivity contribution is 0.880. The molecule has 2 N–H and O–H groups in total. The van der Waals surface area contributed by atoms with Crippen molar-refractivity contribution in [2.45, 2.75) is 6.04 Å². The van der Waals surface area contributed by atoms with Gasteiger partial charge in [0.25, 0.3) is 0 Å². The molecule has 0 aliphatic heterocycles. The third-order valence-electron chi connectivity index (χ3n) is 1.97. The average molecular weight is 269 g/mol. The van der Waals surface area contributed by atoms with E-state index < -0.39 is 0 Å². The summed E-state index contributed by atoms with van der Waals surface area (Å²) in [7, 11) is 0. The molecule has 1 unspecified atom stereocenters. The lowest BCUT2D eigenvalue weighted by atomic mass is 10.1. The van der Waals surface area contributed by atoms with Crippen LogP contribution in [0, 0.1) is 0 Å². The van der Waals surface area contributed by atoms with E-state index in [2.05, 4.69) is 20.9 Å². The van der Waals surface area contributed by atoms with Gasteiger partial charge in [0.05, 0.1) is 6.04 Å². The van der Waals surface area contributed by atoms with Gasteiger partial charge in [0.1, 0.15) is 0 Å². The normalized spacial score (nSPS) is 12.7. The smallest absolute Gasteiger partial charge is 0.0672 e. The molecule has 2 aromatic rings. The summed E-state index contributed by atoms with van der Waals surface area (Å²) in [5, 5.41) is 2.02. The molecule has 0 radical (unpaired) electrons. The van der Waals surface area contributed by atoms with Crippen LogP contribution in [0.4, 0.5) is 0 Å². The number of nitrogens with zero attached hydrogens (tertiary/aromatic N) is 1. The zero-order valence-electron chi connectivity index (χ0n) is 7.35. The minimum Gasteiger partial charge on any atom is -0.320 e. The topological polar surface area (TPSA) is 38.9 Å². The Morgan fingerprint density at radius 2 is 2.29 bits per heavy atom. The largest absolute Gasteiger partial charge is 0.320 e. The standard InChI is InChI=1S/C10H9BrN2S/c11-8-3-5-14-10(8)9(12)7-2-1-4-13-6-7/h1-6,9H,12H2. The Bertz CT molecular complexity index is 413. The number of nitrogens with two attached hydrogens (primary N) is 1. The maximum Gasteiger partial charge on any atom is 0.0672 e. The van der Waals surface area contributed by atoms with Gasteiger partial charge in [-0.25, -0.2) is 0 Å². The number of hydrogen-bond acceptors (Lipinski definition) is 3. The summed E-state index contributed by atoms with van der Waals surface area (Å²) in [5.41, 5.74) is 7.14. The van der Waals surface area contributed by atoms with Crippen LogP contribution in [0.2, 0.25) is 0 Å². The molecule has 2 aromatic heterocycles. The van der Waals surface area contributed by atoms with Crippen molar-refractivity contribution in [3.63, 3.8) is 0 Å². The monoisotopic (exact) mass is 268 g/mol. The number of hydrogen-bond donors (Lipinski definition) is 1. The number of thiophene rings is 1. The highest BCUT2D eigenvalue weighted by atomic mass is 79.9. The summed E-state index contributed by atoms with van der Waals surface area (Å²) in [6.45, 7) is 0. The lowest BCUT2D eigenvalue weighted by Gasteiger charge is -2.09. The van der Waals surface area contributed by atoms with Crippen LogP contribution in [0.5, 0.6) is 0 Å². The maximum atomic E-state index is 6.10. The number of aromatic nitrogens is 1. The maximum absolute atomic E-state index is 6.10. The molecule has 0 saturated heterocycles. The van der Waals surface area contributed by atoms with Gasteiger partial charge in [0.2, 0.25) is 0 Å². The van der Waals surface area contributed by atoms with Crippen LogP contribution < -0.4 is 5.73 Å². The van der Waals surface area contributed by atoms with Crippen molar-refractivity contribution in [1.29, 1.82) is 0 Å². The van der Waals surface area contributed by atoms with Gasteiger partial charge in [-0.1, -0.05) is 6.07 Å². The Kier molecular flexibility index (Phi) is 2.96.